The van der Waals surface area contributed by atoms with Crippen LogP contribution in [0.5, 0.6) is 11.5 Å². The molecule has 2 aromatic rings. The third-order valence-corrected chi connectivity index (χ3v) is 2.77. The van der Waals surface area contributed by atoms with Crippen molar-refractivity contribution in [2.45, 2.75) is 6.92 Å². The number of rotatable bonds is 4. The van der Waals surface area contributed by atoms with Gasteiger partial charge in [0.05, 0.1) is 14.2 Å². The Balaban J connectivity index is 2.53. The molecular formula is C13H16N2O3. The second-order valence-electron chi connectivity index (χ2n) is 3.76. The maximum Gasteiger partial charge on any atom is 0.294 e. The zero-order valence-electron chi connectivity index (χ0n) is 10.9. The van der Waals surface area contributed by atoms with Gasteiger partial charge in [-0.05, 0) is 19.1 Å². The van der Waals surface area contributed by atoms with Crippen molar-refractivity contribution < 1.29 is 13.9 Å². The molecule has 0 aliphatic carbocycles. The molecule has 2 rings (SSSR count). The molecule has 18 heavy (non-hydrogen) atoms. The highest BCUT2D eigenvalue weighted by Crippen LogP contribution is 2.37. The smallest absolute Gasteiger partial charge is 0.294 e. The SMILES string of the molecule is CNc1nc(-c2ccc(OC)c(C)c2OC)co1. The molecule has 5 heteroatoms. The second-order valence-corrected chi connectivity index (χ2v) is 3.76. The van der Waals surface area contributed by atoms with Gasteiger partial charge in [0.2, 0.25) is 0 Å². The molecule has 1 aromatic heterocycles. The Bertz CT molecular complexity index is 549. The predicted molar refractivity (Wildman–Crippen MR) is 69.3 cm³/mol. The predicted octanol–water partition coefficient (Wildman–Crippen LogP) is 2.71. The first kappa shape index (κ1) is 12.3. The van der Waals surface area contributed by atoms with Crippen LogP contribution in [0.3, 0.4) is 0 Å². The average Bonchev–Trinajstić information content (AvgIpc) is 2.87. The number of hydrogen-bond donors (Lipinski definition) is 1. The first-order chi connectivity index (χ1) is 8.71. The molecule has 0 atom stereocenters. The summed E-state index contributed by atoms with van der Waals surface area (Å²) < 4.78 is 16.0. The quantitative estimate of drug-likeness (QED) is 0.901. The van der Waals surface area contributed by atoms with Gasteiger partial charge in [0, 0.05) is 18.2 Å². The van der Waals surface area contributed by atoms with Crippen LogP contribution in [-0.2, 0) is 0 Å². The van der Waals surface area contributed by atoms with Crippen molar-refractivity contribution in [3.63, 3.8) is 0 Å². The summed E-state index contributed by atoms with van der Waals surface area (Å²) in [6.45, 7) is 1.94. The van der Waals surface area contributed by atoms with Gasteiger partial charge in [0.1, 0.15) is 23.5 Å². The number of ether oxygens (including phenoxy) is 2. The lowest BCUT2D eigenvalue weighted by molar-refractivity contribution is 0.390. The fourth-order valence-corrected chi connectivity index (χ4v) is 1.87. The summed E-state index contributed by atoms with van der Waals surface area (Å²) in [5.41, 5.74) is 2.54. The molecule has 0 aliphatic heterocycles. The van der Waals surface area contributed by atoms with Crippen LogP contribution in [0.2, 0.25) is 0 Å². The lowest BCUT2D eigenvalue weighted by atomic mass is 10.1. The van der Waals surface area contributed by atoms with Crippen molar-refractivity contribution in [3.8, 4) is 22.8 Å². The lowest BCUT2D eigenvalue weighted by Crippen LogP contribution is -1.95. The molecule has 1 heterocycles. The Labute approximate surface area is 106 Å². The van der Waals surface area contributed by atoms with Crippen LogP contribution in [-0.4, -0.2) is 26.3 Å². The molecule has 0 saturated carbocycles. The van der Waals surface area contributed by atoms with Crippen molar-refractivity contribution >= 4 is 6.01 Å². The molecule has 0 amide bonds. The molecule has 96 valence electrons. The summed E-state index contributed by atoms with van der Waals surface area (Å²) in [6.07, 6.45) is 1.59. The van der Waals surface area contributed by atoms with Gasteiger partial charge in [-0.2, -0.15) is 4.98 Å². The summed E-state index contributed by atoms with van der Waals surface area (Å²) >= 11 is 0. The Morgan fingerprint density at radius 2 is 2.00 bits per heavy atom. The zero-order chi connectivity index (χ0) is 13.1. The van der Waals surface area contributed by atoms with E-state index in [1.807, 2.05) is 19.1 Å². The number of methoxy groups -OCH3 is 2. The molecule has 1 aromatic carbocycles. The number of nitrogens with zero attached hydrogens (tertiary/aromatic N) is 1. The minimum atomic E-state index is 0.473. The number of aromatic nitrogens is 1. The Morgan fingerprint density at radius 3 is 2.56 bits per heavy atom. The van der Waals surface area contributed by atoms with Crippen molar-refractivity contribution in [1.29, 1.82) is 0 Å². The van der Waals surface area contributed by atoms with E-state index in [2.05, 4.69) is 10.3 Å². The molecule has 5 nitrogen and oxygen atoms in total. The topological polar surface area (TPSA) is 56.5 Å². The zero-order valence-corrected chi connectivity index (χ0v) is 10.9. The highest BCUT2D eigenvalue weighted by Gasteiger charge is 2.15. The summed E-state index contributed by atoms with van der Waals surface area (Å²) in [4.78, 5) is 4.31. The highest BCUT2D eigenvalue weighted by molar-refractivity contribution is 5.71. The van der Waals surface area contributed by atoms with Gasteiger partial charge in [0.15, 0.2) is 0 Å². The number of oxazole rings is 1. The standard InChI is InChI=1S/C13H16N2O3/c1-8-11(16-3)6-5-9(12(8)17-4)10-7-18-13(14-2)15-10/h5-7H,1-4H3,(H,14,15). The van der Waals surface area contributed by atoms with E-state index in [4.69, 9.17) is 13.9 Å². The fourth-order valence-electron chi connectivity index (χ4n) is 1.87. The van der Waals surface area contributed by atoms with Crippen molar-refractivity contribution in [2.24, 2.45) is 0 Å². The Morgan fingerprint density at radius 1 is 1.22 bits per heavy atom. The van der Waals surface area contributed by atoms with E-state index < -0.39 is 0 Å². The van der Waals surface area contributed by atoms with E-state index in [-0.39, 0.29) is 0 Å². The first-order valence-electron chi connectivity index (χ1n) is 5.56. The molecule has 0 spiro atoms. The van der Waals surface area contributed by atoms with Gasteiger partial charge in [-0.1, -0.05) is 0 Å². The maximum atomic E-state index is 5.43. The van der Waals surface area contributed by atoms with Crippen LogP contribution in [0, 0.1) is 6.92 Å². The van der Waals surface area contributed by atoms with E-state index in [0.717, 1.165) is 28.3 Å². The van der Waals surface area contributed by atoms with Crippen molar-refractivity contribution in [1.82, 2.24) is 4.98 Å². The fraction of sp³-hybridized carbons (Fsp3) is 0.308. The van der Waals surface area contributed by atoms with Gasteiger partial charge < -0.3 is 19.2 Å². The molecule has 1 N–H and O–H groups in total. The Hall–Kier alpha value is -2.17. The second kappa shape index (κ2) is 5.00. The summed E-state index contributed by atoms with van der Waals surface area (Å²) in [7, 11) is 5.02. The van der Waals surface area contributed by atoms with E-state index in [1.54, 1.807) is 27.5 Å². The van der Waals surface area contributed by atoms with E-state index in [9.17, 15) is 0 Å². The Kier molecular flexibility index (Phi) is 3.41. The van der Waals surface area contributed by atoms with Crippen LogP contribution in [0.4, 0.5) is 6.01 Å². The third kappa shape index (κ3) is 1.99. The van der Waals surface area contributed by atoms with Crippen LogP contribution >= 0.6 is 0 Å². The van der Waals surface area contributed by atoms with Crippen LogP contribution in [0.1, 0.15) is 5.56 Å². The van der Waals surface area contributed by atoms with Crippen molar-refractivity contribution in [2.75, 3.05) is 26.6 Å². The molecular weight excluding hydrogens is 232 g/mol. The molecule has 0 radical (unpaired) electrons. The van der Waals surface area contributed by atoms with Gasteiger partial charge in [0.25, 0.3) is 6.01 Å². The molecule has 0 aliphatic rings. The number of nitrogens with one attached hydrogen (secondary N) is 1. The minimum absolute atomic E-state index is 0.473. The van der Waals surface area contributed by atoms with E-state index in [1.165, 1.54) is 0 Å². The van der Waals surface area contributed by atoms with E-state index in [0.29, 0.717) is 6.01 Å². The van der Waals surface area contributed by atoms with Gasteiger partial charge in [-0.25, -0.2) is 0 Å². The summed E-state index contributed by atoms with van der Waals surface area (Å²) in [6, 6.07) is 4.27. The number of anilines is 1. The lowest BCUT2D eigenvalue weighted by Gasteiger charge is -2.12. The average molecular weight is 248 g/mol. The summed E-state index contributed by atoms with van der Waals surface area (Å²) in [5, 5.41) is 2.85. The maximum absolute atomic E-state index is 5.43. The van der Waals surface area contributed by atoms with Gasteiger partial charge in [-0.3, -0.25) is 0 Å². The monoisotopic (exact) mass is 248 g/mol. The van der Waals surface area contributed by atoms with Gasteiger partial charge in [-0.15, -0.1) is 0 Å². The molecule has 0 unspecified atom stereocenters. The third-order valence-electron chi connectivity index (χ3n) is 2.77. The number of benzene rings is 1. The largest absolute Gasteiger partial charge is 0.496 e. The van der Waals surface area contributed by atoms with Crippen molar-refractivity contribution in [3.05, 3.63) is 24.0 Å². The first-order valence-corrected chi connectivity index (χ1v) is 5.56. The number of hydrogen-bond acceptors (Lipinski definition) is 5. The summed E-state index contributed by atoms with van der Waals surface area (Å²) in [5.74, 6) is 1.53. The molecule has 0 fully saturated rings. The normalized spacial score (nSPS) is 10.2. The van der Waals surface area contributed by atoms with Crippen LogP contribution < -0.4 is 14.8 Å². The van der Waals surface area contributed by atoms with E-state index >= 15 is 0 Å². The highest BCUT2D eigenvalue weighted by atomic mass is 16.5. The van der Waals surface area contributed by atoms with Crippen LogP contribution in [0.25, 0.3) is 11.3 Å². The molecule has 0 bridgehead atoms. The van der Waals surface area contributed by atoms with Crippen LogP contribution in [0.15, 0.2) is 22.8 Å². The molecule has 0 saturated heterocycles. The minimum Gasteiger partial charge on any atom is -0.496 e. The van der Waals surface area contributed by atoms with Gasteiger partial charge >= 0.3 is 0 Å².